The first-order valence-electron chi connectivity index (χ1n) is 4.91. The van der Waals surface area contributed by atoms with Crippen LogP contribution in [0.15, 0.2) is 31.4 Å². The van der Waals surface area contributed by atoms with Crippen molar-refractivity contribution in [3.8, 4) is 0 Å². The van der Waals surface area contributed by atoms with Crippen LogP contribution >= 0.6 is 0 Å². The van der Waals surface area contributed by atoms with E-state index in [1.54, 1.807) is 25.1 Å². The fourth-order valence-corrected chi connectivity index (χ4v) is 1.34. The van der Waals surface area contributed by atoms with E-state index in [0.717, 1.165) is 4.73 Å². The molecule has 0 atom stereocenters. The maximum absolute atomic E-state index is 9.38. The molecule has 0 saturated carbocycles. The fraction of sp³-hybridized carbons (Fsp3) is 0.273. The molecular formula is C11H16N4O. The van der Waals surface area contributed by atoms with Crippen LogP contribution in [0.5, 0.6) is 0 Å². The molecule has 5 heteroatoms. The van der Waals surface area contributed by atoms with E-state index in [9.17, 15) is 5.21 Å². The summed E-state index contributed by atoms with van der Waals surface area (Å²) < 4.78 is 0.740. The minimum Gasteiger partial charge on any atom is -0.425 e. The molecule has 0 radical (unpaired) electrons. The first-order valence-corrected chi connectivity index (χ1v) is 4.91. The molecule has 1 aromatic heterocycles. The molecule has 0 aliphatic carbocycles. The summed E-state index contributed by atoms with van der Waals surface area (Å²) in [5, 5.41) is 16.9. The van der Waals surface area contributed by atoms with Crippen LogP contribution in [0.4, 0.5) is 5.82 Å². The van der Waals surface area contributed by atoms with Gasteiger partial charge in [0.25, 0.3) is 5.62 Å². The van der Waals surface area contributed by atoms with Gasteiger partial charge in [0, 0.05) is 19.2 Å². The van der Waals surface area contributed by atoms with Crippen molar-refractivity contribution in [3.05, 3.63) is 42.7 Å². The van der Waals surface area contributed by atoms with Crippen molar-refractivity contribution in [1.82, 2.24) is 9.71 Å². The standard InChI is InChI=1S/C11H16N4O/c1-4-6-14(7-5-2)10-8-9(3)15(16)11(12)13-10/h4-5,8,12,16H,1-2,6-7H2,3H3. The van der Waals surface area contributed by atoms with Crippen molar-refractivity contribution in [3.63, 3.8) is 0 Å². The molecule has 1 heterocycles. The predicted molar refractivity (Wildman–Crippen MR) is 62.6 cm³/mol. The van der Waals surface area contributed by atoms with Crippen LogP contribution in [0.1, 0.15) is 5.69 Å². The van der Waals surface area contributed by atoms with Gasteiger partial charge in [-0.15, -0.1) is 13.2 Å². The molecule has 5 nitrogen and oxygen atoms in total. The monoisotopic (exact) mass is 220 g/mol. The van der Waals surface area contributed by atoms with Crippen molar-refractivity contribution in [2.75, 3.05) is 18.0 Å². The van der Waals surface area contributed by atoms with E-state index < -0.39 is 0 Å². The quantitative estimate of drug-likeness (QED) is 0.576. The Kier molecular flexibility index (Phi) is 3.88. The lowest BCUT2D eigenvalue weighted by atomic mass is 10.3. The Labute approximate surface area is 94.4 Å². The van der Waals surface area contributed by atoms with Gasteiger partial charge in [-0.05, 0) is 6.92 Å². The van der Waals surface area contributed by atoms with Gasteiger partial charge in [0.1, 0.15) is 5.82 Å². The third kappa shape index (κ3) is 2.50. The molecule has 1 rings (SSSR count). The first kappa shape index (κ1) is 12.0. The molecule has 0 amide bonds. The Balaban J connectivity index is 3.14. The molecular weight excluding hydrogens is 204 g/mol. The number of aromatic nitrogens is 2. The Hall–Kier alpha value is -2.04. The molecule has 1 aromatic rings. The molecule has 0 saturated heterocycles. The molecule has 86 valence electrons. The number of anilines is 1. The summed E-state index contributed by atoms with van der Waals surface area (Å²) in [5.74, 6) is 0.632. The average Bonchev–Trinajstić information content (AvgIpc) is 2.25. The Morgan fingerprint density at radius 1 is 1.50 bits per heavy atom. The Morgan fingerprint density at radius 2 is 2.06 bits per heavy atom. The van der Waals surface area contributed by atoms with Crippen LogP contribution < -0.4 is 10.5 Å². The number of nitrogens with one attached hydrogen (secondary N) is 1. The normalized spacial score (nSPS) is 9.81. The maximum Gasteiger partial charge on any atom is 0.257 e. The van der Waals surface area contributed by atoms with Crippen molar-refractivity contribution in [1.29, 1.82) is 5.41 Å². The van der Waals surface area contributed by atoms with Gasteiger partial charge in [0.05, 0.1) is 5.69 Å². The summed E-state index contributed by atoms with van der Waals surface area (Å²) >= 11 is 0. The van der Waals surface area contributed by atoms with Gasteiger partial charge in [0.15, 0.2) is 0 Å². The zero-order valence-electron chi connectivity index (χ0n) is 9.35. The lowest BCUT2D eigenvalue weighted by molar-refractivity contribution is 0.158. The van der Waals surface area contributed by atoms with Crippen LogP contribution in [0.3, 0.4) is 0 Å². The first-order chi connectivity index (χ1) is 7.60. The summed E-state index contributed by atoms with van der Waals surface area (Å²) in [5.41, 5.74) is 0.376. The third-order valence-electron chi connectivity index (χ3n) is 2.12. The van der Waals surface area contributed by atoms with Gasteiger partial charge in [-0.1, -0.05) is 12.2 Å². The van der Waals surface area contributed by atoms with Gasteiger partial charge in [-0.25, -0.2) is 0 Å². The van der Waals surface area contributed by atoms with Crippen LogP contribution in [-0.2, 0) is 0 Å². The average molecular weight is 220 g/mol. The molecule has 0 aliphatic heterocycles. The molecule has 0 bridgehead atoms. The molecule has 16 heavy (non-hydrogen) atoms. The van der Waals surface area contributed by atoms with E-state index in [1.165, 1.54) is 0 Å². The van der Waals surface area contributed by atoms with Gasteiger partial charge in [-0.3, -0.25) is 5.41 Å². The Bertz CT molecular complexity index is 440. The highest BCUT2D eigenvalue weighted by molar-refractivity contribution is 5.40. The highest BCUT2D eigenvalue weighted by Gasteiger charge is 2.07. The molecule has 0 aromatic carbocycles. The SMILES string of the molecule is C=CCN(CC=C)c1cc(C)n(O)c(=N)n1. The summed E-state index contributed by atoms with van der Waals surface area (Å²) in [7, 11) is 0. The van der Waals surface area contributed by atoms with Crippen LogP contribution in [0.2, 0.25) is 0 Å². The van der Waals surface area contributed by atoms with Gasteiger partial charge in [-0.2, -0.15) is 9.71 Å². The second-order valence-corrected chi connectivity index (χ2v) is 3.37. The number of rotatable bonds is 5. The smallest absolute Gasteiger partial charge is 0.257 e. The van der Waals surface area contributed by atoms with Crippen molar-refractivity contribution < 1.29 is 5.21 Å². The second-order valence-electron chi connectivity index (χ2n) is 3.37. The van der Waals surface area contributed by atoms with E-state index >= 15 is 0 Å². The van der Waals surface area contributed by atoms with E-state index in [-0.39, 0.29) is 5.62 Å². The van der Waals surface area contributed by atoms with Crippen LogP contribution in [-0.4, -0.2) is 28.0 Å². The number of hydrogen-bond donors (Lipinski definition) is 2. The van der Waals surface area contributed by atoms with Crippen molar-refractivity contribution >= 4 is 5.82 Å². The van der Waals surface area contributed by atoms with E-state index in [1.807, 2.05) is 4.90 Å². The summed E-state index contributed by atoms with van der Waals surface area (Å²) in [6.45, 7) is 10.3. The molecule has 0 aliphatic rings. The van der Waals surface area contributed by atoms with Crippen LogP contribution in [0, 0.1) is 12.3 Å². The lowest BCUT2D eigenvalue weighted by Crippen LogP contribution is -2.30. The highest BCUT2D eigenvalue weighted by Crippen LogP contribution is 2.09. The lowest BCUT2D eigenvalue weighted by Gasteiger charge is -2.20. The topological polar surface area (TPSA) is 65.1 Å². The zero-order valence-corrected chi connectivity index (χ0v) is 9.35. The minimum absolute atomic E-state index is 0.187. The van der Waals surface area contributed by atoms with Crippen molar-refractivity contribution in [2.45, 2.75) is 6.92 Å². The number of aryl methyl sites for hydroxylation is 1. The van der Waals surface area contributed by atoms with Crippen LogP contribution in [0.25, 0.3) is 0 Å². The summed E-state index contributed by atoms with van der Waals surface area (Å²) in [6, 6.07) is 1.71. The molecule has 0 unspecified atom stereocenters. The third-order valence-corrected chi connectivity index (χ3v) is 2.12. The van der Waals surface area contributed by atoms with Crippen molar-refractivity contribution in [2.24, 2.45) is 0 Å². The number of hydrogen-bond acceptors (Lipinski definition) is 4. The maximum atomic E-state index is 9.38. The molecule has 0 fully saturated rings. The van der Waals surface area contributed by atoms with Gasteiger partial charge in [0.2, 0.25) is 0 Å². The second kappa shape index (κ2) is 5.16. The Morgan fingerprint density at radius 3 is 2.50 bits per heavy atom. The number of nitrogens with zero attached hydrogens (tertiary/aromatic N) is 3. The van der Waals surface area contributed by atoms with E-state index in [0.29, 0.717) is 24.6 Å². The summed E-state index contributed by atoms with van der Waals surface area (Å²) in [6.07, 6.45) is 3.51. The van der Waals surface area contributed by atoms with E-state index in [2.05, 4.69) is 18.1 Å². The summed E-state index contributed by atoms with van der Waals surface area (Å²) in [4.78, 5) is 5.89. The van der Waals surface area contributed by atoms with Gasteiger partial charge >= 0.3 is 0 Å². The largest absolute Gasteiger partial charge is 0.425 e. The minimum atomic E-state index is -0.187. The molecule has 0 spiro atoms. The highest BCUT2D eigenvalue weighted by atomic mass is 16.5. The zero-order chi connectivity index (χ0) is 12.1. The predicted octanol–water partition coefficient (Wildman–Crippen LogP) is 1.09. The van der Waals surface area contributed by atoms with Gasteiger partial charge < -0.3 is 10.1 Å². The van der Waals surface area contributed by atoms with E-state index in [4.69, 9.17) is 5.41 Å². The fourth-order valence-electron chi connectivity index (χ4n) is 1.34. The molecule has 2 N–H and O–H groups in total.